The van der Waals surface area contributed by atoms with Crippen molar-refractivity contribution < 1.29 is 15.7 Å². The Morgan fingerprint density at radius 2 is 1.17 bits per heavy atom. The van der Waals surface area contributed by atoms with Crippen LogP contribution in [0.1, 0.15) is 6.85 Å². The summed E-state index contributed by atoms with van der Waals surface area (Å²) in [5, 5.41) is 5.78. The molecule has 0 amide bonds. The summed E-state index contributed by atoms with van der Waals surface area (Å²) in [4.78, 5) is 14.3. The Balaban J connectivity index is 1.33. The fourth-order valence-electron chi connectivity index (χ4n) is 5.62. The lowest BCUT2D eigenvalue weighted by atomic mass is 10.0. The van der Waals surface area contributed by atoms with Crippen molar-refractivity contribution in [3.63, 3.8) is 0 Å². The van der Waals surface area contributed by atoms with Gasteiger partial charge in [0.1, 0.15) is 22.3 Å². The minimum atomic E-state index is -0.491. The van der Waals surface area contributed by atoms with Crippen LogP contribution in [0.25, 0.3) is 88.8 Å². The second-order valence-corrected chi connectivity index (χ2v) is 10.1. The molecule has 5 heteroatoms. The number of hydrogen-bond acceptors (Lipinski definition) is 5. The molecule has 0 spiro atoms. The maximum Gasteiger partial charge on any atom is 0.167 e. The molecule has 0 N–H and O–H groups in total. The average molecular weight is 545 g/mol. The molecule has 0 saturated heterocycles. The molecule has 6 aromatic carbocycles. The molecule has 5 nitrogen and oxygen atoms in total. The van der Waals surface area contributed by atoms with Gasteiger partial charge in [0, 0.05) is 32.7 Å². The van der Waals surface area contributed by atoms with E-state index in [0.717, 1.165) is 37.9 Å². The van der Waals surface area contributed by atoms with E-state index in [1.165, 1.54) is 0 Å². The summed E-state index contributed by atoms with van der Waals surface area (Å²) in [5.74, 6) is 0.463. The van der Waals surface area contributed by atoms with E-state index in [9.17, 15) is 0 Å². The van der Waals surface area contributed by atoms with Crippen molar-refractivity contribution in [2.75, 3.05) is 0 Å². The Hall–Kier alpha value is -5.81. The van der Waals surface area contributed by atoms with Gasteiger partial charge in [0.2, 0.25) is 0 Å². The van der Waals surface area contributed by atoms with E-state index in [1.807, 2.05) is 84.9 Å². The largest absolute Gasteiger partial charge is 0.456 e. The quantitative estimate of drug-likeness (QED) is 0.221. The lowest BCUT2D eigenvalue weighted by Gasteiger charge is -2.09. The molecular weight excluding hydrogens is 518 g/mol. The van der Waals surface area contributed by atoms with Gasteiger partial charge in [-0.3, -0.25) is 0 Å². The van der Waals surface area contributed by atoms with Crippen molar-refractivity contribution in [3.8, 4) is 34.2 Å². The smallest absolute Gasteiger partial charge is 0.167 e. The number of hydrogen-bond donors (Lipinski definition) is 0. The molecule has 0 bridgehead atoms. The first kappa shape index (κ1) is 18.5. The third-order valence-electron chi connectivity index (χ3n) is 7.60. The monoisotopic (exact) mass is 544 g/mol. The van der Waals surface area contributed by atoms with Gasteiger partial charge in [0.15, 0.2) is 17.5 Å². The van der Waals surface area contributed by atoms with Crippen LogP contribution in [0.15, 0.2) is 136 Å². The highest BCUT2D eigenvalue weighted by Gasteiger charge is 2.18. The molecule has 9 rings (SSSR count). The normalized spacial score (nSPS) is 13.5. The van der Waals surface area contributed by atoms with Crippen LogP contribution in [-0.2, 0) is 0 Å². The van der Waals surface area contributed by atoms with Crippen LogP contribution in [0.4, 0.5) is 0 Å². The predicted molar refractivity (Wildman–Crippen MR) is 168 cm³/mol. The molecule has 0 radical (unpaired) electrons. The first-order chi connectivity index (χ1) is 22.9. The van der Waals surface area contributed by atoms with Gasteiger partial charge in [0.05, 0.1) is 12.4 Å². The lowest BCUT2D eigenvalue weighted by Crippen LogP contribution is -2.00. The molecule has 3 heterocycles. The Kier molecular flexibility index (Phi) is 3.90. The van der Waals surface area contributed by atoms with Gasteiger partial charge in [0.25, 0.3) is 0 Å². The SMILES string of the molecule is [2H]c1c([2H])c([2H])c(-c2nc(-c3ccc4oc5cc6ccccc6cc5c4c3)nc(-c3cccc4c3oc3ccccc34)n2)c([2H])c1[2H]. The van der Waals surface area contributed by atoms with Crippen LogP contribution in [-0.4, -0.2) is 15.0 Å². The molecule has 0 aliphatic rings. The zero-order chi connectivity index (χ0) is 32.0. The van der Waals surface area contributed by atoms with E-state index in [4.69, 9.17) is 30.6 Å². The number of aromatic nitrogens is 3. The summed E-state index contributed by atoms with van der Waals surface area (Å²) in [6.45, 7) is 0. The van der Waals surface area contributed by atoms with Gasteiger partial charge in [-0.05, 0) is 53.2 Å². The minimum Gasteiger partial charge on any atom is -0.456 e. The van der Waals surface area contributed by atoms with Gasteiger partial charge in [-0.25, -0.2) is 15.0 Å². The van der Waals surface area contributed by atoms with Gasteiger partial charge >= 0.3 is 0 Å². The summed E-state index contributed by atoms with van der Waals surface area (Å²) in [6, 6.07) is 29.1. The van der Waals surface area contributed by atoms with Crippen molar-refractivity contribution in [2.45, 2.75) is 0 Å². The number of para-hydroxylation sites is 2. The molecule has 0 atom stereocenters. The van der Waals surface area contributed by atoms with Gasteiger partial charge < -0.3 is 8.83 Å². The average Bonchev–Trinajstić information content (AvgIpc) is 3.66. The van der Waals surface area contributed by atoms with Crippen molar-refractivity contribution >= 4 is 54.6 Å². The Morgan fingerprint density at radius 1 is 0.476 bits per heavy atom. The van der Waals surface area contributed by atoms with Crippen LogP contribution in [0.2, 0.25) is 0 Å². The second kappa shape index (κ2) is 8.85. The Morgan fingerprint density at radius 3 is 2.05 bits per heavy atom. The number of benzene rings is 6. The highest BCUT2D eigenvalue weighted by Crippen LogP contribution is 2.37. The van der Waals surface area contributed by atoms with E-state index in [2.05, 4.69) is 12.1 Å². The first-order valence-electron chi connectivity index (χ1n) is 15.9. The number of fused-ring (bicyclic) bond motifs is 7. The second-order valence-electron chi connectivity index (χ2n) is 10.1. The predicted octanol–water partition coefficient (Wildman–Crippen LogP) is 9.82. The summed E-state index contributed by atoms with van der Waals surface area (Å²) in [6.07, 6.45) is 0. The van der Waals surface area contributed by atoms with Crippen molar-refractivity contribution in [3.05, 3.63) is 127 Å². The lowest BCUT2D eigenvalue weighted by molar-refractivity contribution is 0.669. The van der Waals surface area contributed by atoms with Gasteiger partial charge in [-0.15, -0.1) is 0 Å². The highest BCUT2D eigenvalue weighted by molar-refractivity contribution is 6.11. The fourth-order valence-corrected chi connectivity index (χ4v) is 5.62. The zero-order valence-electron chi connectivity index (χ0n) is 26.9. The molecule has 0 fully saturated rings. The van der Waals surface area contributed by atoms with E-state index < -0.39 is 30.2 Å². The molecule has 0 unspecified atom stereocenters. The fraction of sp³-hybridized carbons (Fsp3) is 0. The molecule has 9 aromatic rings. The van der Waals surface area contributed by atoms with Crippen molar-refractivity contribution in [2.24, 2.45) is 0 Å². The minimum absolute atomic E-state index is 0.0433. The third-order valence-corrected chi connectivity index (χ3v) is 7.60. The Bertz CT molecular complexity index is 2740. The van der Waals surface area contributed by atoms with E-state index in [0.29, 0.717) is 27.9 Å². The van der Waals surface area contributed by atoms with Crippen LogP contribution < -0.4 is 0 Å². The van der Waals surface area contributed by atoms with Crippen LogP contribution in [0.3, 0.4) is 0 Å². The number of furan rings is 2. The maximum atomic E-state index is 8.67. The van der Waals surface area contributed by atoms with Gasteiger partial charge in [-0.2, -0.15) is 0 Å². The first-order valence-corrected chi connectivity index (χ1v) is 13.4. The molecule has 196 valence electrons. The summed E-state index contributed by atoms with van der Waals surface area (Å²) in [5.41, 5.74) is 3.84. The molecule has 3 aromatic heterocycles. The standard InChI is InChI=1S/C37H21N3O2/c1-2-9-22(10-3-1)35-38-36(40-37(39-35)28-15-8-14-27-26-13-6-7-16-31(26)42-34(27)28)25-17-18-32-29(20-25)30-19-23-11-4-5-12-24(23)21-33(30)41-32/h1-21H/i1D,2D,3D,9D,10D. The zero-order valence-corrected chi connectivity index (χ0v) is 21.9. The molecule has 0 saturated carbocycles. The van der Waals surface area contributed by atoms with Gasteiger partial charge in [-0.1, -0.05) is 84.8 Å². The van der Waals surface area contributed by atoms with Crippen molar-refractivity contribution in [1.29, 1.82) is 0 Å². The topological polar surface area (TPSA) is 65.0 Å². The van der Waals surface area contributed by atoms with Crippen molar-refractivity contribution in [1.82, 2.24) is 15.0 Å². The summed E-state index contributed by atoms with van der Waals surface area (Å²) >= 11 is 0. The maximum absolute atomic E-state index is 8.67. The molecule has 0 aliphatic heterocycles. The highest BCUT2D eigenvalue weighted by atomic mass is 16.3. The molecule has 0 aliphatic carbocycles. The number of rotatable bonds is 3. The van der Waals surface area contributed by atoms with E-state index in [1.54, 1.807) is 0 Å². The summed E-state index contributed by atoms with van der Waals surface area (Å²) in [7, 11) is 0. The number of nitrogens with zero attached hydrogens (tertiary/aromatic N) is 3. The van der Waals surface area contributed by atoms with Crippen LogP contribution >= 0.6 is 0 Å². The van der Waals surface area contributed by atoms with E-state index in [-0.39, 0.29) is 23.0 Å². The third kappa shape index (κ3) is 3.54. The van der Waals surface area contributed by atoms with E-state index >= 15 is 0 Å². The Labute approximate surface area is 246 Å². The molecule has 42 heavy (non-hydrogen) atoms. The molecular formula is C37H21N3O2. The van der Waals surface area contributed by atoms with Crippen LogP contribution in [0.5, 0.6) is 0 Å². The van der Waals surface area contributed by atoms with Crippen LogP contribution in [0, 0.1) is 0 Å². The summed E-state index contributed by atoms with van der Waals surface area (Å²) < 4.78 is 54.5.